The molecule has 138 valence electrons. The number of aromatic nitrogens is 3. The number of carbonyl (C=O) groups excluding carboxylic acids is 1. The fourth-order valence-electron chi connectivity index (χ4n) is 3.02. The van der Waals surface area contributed by atoms with Gasteiger partial charge in [-0.05, 0) is 55.5 Å². The van der Waals surface area contributed by atoms with Crippen LogP contribution in [0.5, 0.6) is 0 Å². The summed E-state index contributed by atoms with van der Waals surface area (Å²) >= 11 is 1.54. The highest BCUT2D eigenvalue weighted by Gasteiger charge is 2.30. The van der Waals surface area contributed by atoms with E-state index in [4.69, 9.17) is 4.98 Å². The van der Waals surface area contributed by atoms with E-state index in [-0.39, 0.29) is 17.6 Å². The lowest BCUT2D eigenvalue weighted by Gasteiger charge is -2.09. The van der Waals surface area contributed by atoms with Crippen LogP contribution in [0.4, 0.5) is 10.2 Å². The number of imidazole rings is 1. The van der Waals surface area contributed by atoms with E-state index in [2.05, 4.69) is 10.3 Å². The summed E-state index contributed by atoms with van der Waals surface area (Å²) in [4.78, 5) is 21.1. The minimum atomic E-state index is -0.276. The number of pyridine rings is 1. The molecule has 1 saturated carbocycles. The molecule has 3 aromatic rings. The molecule has 2 heterocycles. The number of benzene rings is 1. The van der Waals surface area contributed by atoms with Crippen molar-refractivity contribution in [2.24, 2.45) is 13.0 Å². The highest BCUT2D eigenvalue weighted by molar-refractivity contribution is 7.98. The predicted molar refractivity (Wildman–Crippen MR) is 105 cm³/mol. The van der Waals surface area contributed by atoms with Gasteiger partial charge in [0.05, 0.1) is 11.4 Å². The van der Waals surface area contributed by atoms with Gasteiger partial charge in [0.15, 0.2) is 5.16 Å². The molecule has 0 unspecified atom stereocenters. The van der Waals surface area contributed by atoms with Crippen molar-refractivity contribution in [2.45, 2.75) is 18.0 Å². The van der Waals surface area contributed by atoms with Gasteiger partial charge in [0.25, 0.3) is 0 Å². The number of rotatable bonds is 5. The summed E-state index contributed by atoms with van der Waals surface area (Å²) in [6.07, 6.45) is 5.52. The number of amides is 1. The predicted octanol–water partition coefficient (Wildman–Crippen LogP) is 4.36. The molecule has 2 aromatic heterocycles. The fraction of sp³-hybridized carbons (Fsp3) is 0.250. The Morgan fingerprint density at radius 2 is 1.96 bits per heavy atom. The zero-order chi connectivity index (χ0) is 19.0. The Morgan fingerprint density at radius 1 is 1.22 bits per heavy atom. The maximum atomic E-state index is 13.4. The van der Waals surface area contributed by atoms with Crippen LogP contribution >= 0.6 is 11.8 Å². The zero-order valence-corrected chi connectivity index (χ0v) is 15.9. The summed E-state index contributed by atoms with van der Waals surface area (Å²) in [6, 6.07) is 10.1. The van der Waals surface area contributed by atoms with Crippen molar-refractivity contribution in [1.29, 1.82) is 0 Å². The van der Waals surface area contributed by atoms with Crippen LogP contribution in [0.15, 0.2) is 47.8 Å². The second-order valence-electron chi connectivity index (χ2n) is 6.55. The van der Waals surface area contributed by atoms with Crippen molar-refractivity contribution in [3.8, 4) is 22.5 Å². The van der Waals surface area contributed by atoms with Gasteiger partial charge in [-0.25, -0.2) is 14.4 Å². The third kappa shape index (κ3) is 3.60. The lowest BCUT2D eigenvalue weighted by atomic mass is 10.1. The van der Waals surface area contributed by atoms with Crippen molar-refractivity contribution >= 4 is 23.5 Å². The first-order valence-electron chi connectivity index (χ1n) is 8.70. The Balaban J connectivity index is 1.77. The molecular weight excluding hydrogens is 363 g/mol. The van der Waals surface area contributed by atoms with E-state index >= 15 is 0 Å². The number of hydrogen-bond donors (Lipinski definition) is 1. The third-order valence-corrected chi connectivity index (χ3v) is 5.32. The first-order valence-corrected chi connectivity index (χ1v) is 9.93. The largest absolute Gasteiger partial charge is 0.322 e. The van der Waals surface area contributed by atoms with Crippen molar-refractivity contribution in [3.63, 3.8) is 0 Å². The van der Waals surface area contributed by atoms with Crippen molar-refractivity contribution in [3.05, 3.63) is 48.4 Å². The average molecular weight is 382 g/mol. The quantitative estimate of drug-likeness (QED) is 0.666. The van der Waals surface area contributed by atoms with Gasteiger partial charge >= 0.3 is 0 Å². The first-order chi connectivity index (χ1) is 13.1. The number of carbonyl (C=O) groups is 1. The lowest BCUT2D eigenvalue weighted by Crippen LogP contribution is -2.14. The van der Waals surface area contributed by atoms with Crippen LogP contribution in [-0.2, 0) is 11.8 Å². The van der Waals surface area contributed by atoms with Crippen molar-refractivity contribution in [1.82, 2.24) is 14.5 Å². The van der Waals surface area contributed by atoms with Crippen molar-refractivity contribution < 1.29 is 9.18 Å². The molecule has 27 heavy (non-hydrogen) atoms. The van der Waals surface area contributed by atoms with Gasteiger partial charge in [-0.1, -0.05) is 11.8 Å². The zero-order valence-electron chi connectivity index (χ0n) is 15.1. The number of hydrogen-bond acceptors (Lipinski definition) is 4. The van der Waals surface area contributed by atoms with Gasteiger partial charge < -0.3 is 9.88 Å². The van der Waals surface area contributed by atoms with Crippen LogP contribution in [0.2, 0.25) is 0 Å². The molecule has 4 rings (SSSR count). The van der Waals surface area contributed by atoms with E-state index in [9.17, 15) is 9.18 Å². The van der Waals surface area contributed by atoms with Gasteiger partial charge in [-0.15, -0.1) is 0 Å². The number of anilines is 1. The van der Waals surface area contributed by atoms with Crippen LogP contribution in [0.3, 0.4) is 0 Å². The van der Waals surface area contributed by atoms with Crippen LogP contribution < -0.4 is 5.32 Å². The molecule has 0 saturated heterocycles. The molecule has 5 nitrogen and oxygen atoms in total. The minimum Gasteiger partial charge on any atom is -0.322 e. The third-order valence-electron chi connectivity index (χ3n) is 4.59. The average Bonchev–Trinajstić information content (AvgIpc) is 3.47. The van der Waals surface area contributed by atoms with E-state index in [1.807, 2.05) is 30.0 Å². The topological polar surface area (TPSA) is 59.8 Å². The minimum absolute atomic E-state index is 0.0178. The molecule has 1 fully saturated rings. The normalized spacial score (nSPS) is 13.6. The van der Waals surface area contributed by atoms with Gasteiger partial charge in [0.2, 0.25) is 5.91 Å². The summed E-state index contributed by atoms with van der Waals surface area (Å²) in [7, 11) is 1.94. The van der Waals surface area contributed by atoms with Gasteiger partial charge in [-0.3, -0.25) is 4.79 Å². The monoisotopic (exact) mass is 382 g/mol. The van der Waals surface area contributed by atoms with Crippen LogP contribution in [0, 0.1) is 11.7 Å². The van der Waals surface area contributed by atoms with Crippen LogP contribution in [-0.4, -0.2) is 26.7 Å². The summed E-state index contributed by atoms with van der Waals surface area (Å²) < 4.78 is 15.4. The summed E-state index contributed by atoms with van der Waals surface area (Å²) in [5.41, 5.74) is 3.40. The van der Waals surface area contributed by atoms with E-state index in [1.165, 1.54) is 12.1 Å². The number of thioether (sulfide) groups is 1. The summed E-state index contributed by atoms with van der Waals surface area (Å²) in [5.74, 6) is 0.375. The van der Waals surface area contributed by atoms with Gasteiger partial charge in [-0.2, -0.15) is 0 Å². The molecule has 0 radical (unpaired) electrons. The van der Waals surface area contributed by atoms with E-state index in [0.29, 0.717) is 5.82 Å². The number of nitrogens with zero attached hydrogens (tertiary/aromatic N) is 3. The maximum Gasteiger partial charge on any atom is 0.228 e. The first kappa shape index (κ1) is 17.7. The Hall–Kier alpha value is -2.67. The van der Waals surface area contributed by atoms with E-state index in [1.54, 1.807) is 30.1 Å². The van der Waals surface area contributed by atoms with Crippen LogP contribution in [0.25, 0.3) is 22.5 Å². The van der Waals surface area contributed by atoms with E-state index < -0.39 is 0 Å². The Kier molecular flexibility index (Phi) is 4.70. The Bertz CT molecular complexity index is 996. The Morgan fingerprint density at radius 3 is 2.63 bits per heavy atom. The smallest absolute Gasteiger partial charge is 0.228 e. The van der Waals surface area contributed by atoms with E-state index in [0.717, 1.165) is 40.5 Å². The summed E-state index contributed by atoms with van der Waals surface area (Å²) in [6.45, 7) is 0. The van der Waals surface area contributed by atoms with Crippen LogP contribution in [0.1, 0.15) is 12.8 Å². The molecule has 0 aliphatic heterocycles. The summed E-state index contributed by atoms with van der Waals surface area (Å²) in [5, 5.41) is 3.73. The molecular formula is C20H19FN4OS. The van der Waals surface area contributed by atoms with Crippen molar-refractivity contribution in [2.75, 3.05) is 11.6 Å². The fourth-order valence-corrected chi connectivity index (χ4v) is 3.57. The standard InChI is InChI=1S/C20H19FN4OS/c1-25-18(12-5-7-15(21)8-6-12)17(24-20(25)27-2)14-9-10-22-16(11-14)23-19(26)13-3-4-13/h5-11,13H,3-4H2,1-2H3,(H,22,23,26). The van der Waals surface area contributed by atoms with Gasteiger partial charge in [0, 0.05) is 30.3 Å². The molecule has 7 heteroatoms. The number of halogens is 1. The molecule has 0 spiro atoms. The maximum absolute atomic E-state index is 13.4. The highest BCUT2D eigenvalue weighted by atomic mass is 32.2. The second kappa shape index (κ2) is 7.15. The molecule has 1 amide bonds. The molecule has 0 atom stereocenters. The van der Waals surface area contributed by atoms with Gasteiger partial charge in [0.1, 0.15) is 11.6 Å². The molecule has 1 N–H and O–H groups in total. The SMILES string of the molecule is CSc1nc(-c2ccnc(NC(=O)C3CC3)c2)c(-c2ccc(F)cc2)n1C. The lowest BCUT2D eigenvalue weighted by molar-refractivity contribution is -0.117. The Labute approximate surface area is 161 Å². The molecule has 1 aromatic carbocycles. The number of nitrogens with one attached hydrogen (secondary N) is 1. The molecule has 1 aliphatic rings. The second-order valence-corrected chi connectivity index (χ2v) is 7.33. The molecule has 0 bridgehead atoms. The molecule has 1 aliphatic carbocycles. The highest BCUT2D eigenvalue weighted by Crippen LogP contribution is 2.35.